The van der Waals surface area contributed by atoms with E-state index >= 15 is 0 Å². The van der Waals surface area contributed by atoms with Gasteiger partial charge in [-0.25, -0.2) is 8.78 Å². The average Bonchev–Trinajstić information content (AvgIpc) is 2.93. The molecule has 28 heavy (non-hydrogen) atoms. The van der Waals surface area contributed by atoms with Crippen LogP contribution in [0.4, 0.5) is 8.78 Å². The molecular formula is C22H22F2N2O2. The summed E-state index contributed by atoms with van der Waals surface area (Å²) in [6.45, 7) is 2.17. The first-order chi connectivity index (χ1) is 13.4. The van der Waals surface area contributed by atoms with E-state index in [4.69, 9.17) is 0 Å². The molecule has 1 fully saturated rings. The van der Waals surface area contributed by atoms with E-state index in [9.17, 15) is 18.4 Å². The summed E-state index contributed by atoms with van der Waals surface area (Å²) in [6, 6.07) is 15.6. The second-order valence-electron chi connectivity index (χ2n) is 7.55. The molecular weight excluding hydrogens is 362 g/mol. The zero-order valence-corrected chi connectivity index (χ0v) is 15.6. The average molecular weight is 384 g/mol. The number of alkyl halides is 2. The number of hydrogen-bond acceptors (Lipinski definition) is 3. The number of likely N-dealkylation sites (tertiary alicyclic amines) is 1. The molecule has 0 saturated carbocycles. The normalized spacial score (nSPS) is 23.0. The lowest BCUT2D eigenvalue weighted by Gasteiger charge is -2.43. The second kappa shape index (κ2) is 7.09. The van der Waals surface area contributed by atoms with E-state index in [1.165, 1.54) is 0 Å². The third-order valence-electron chi connectivity index (χ3n) is 5.79. The van der Waals surface area contributed by atoms with Gasteiger partial charge in [0, 0.05) is 38.0 Å². The first kappa shape index (κ1) is 18.7. The first-order valence-electron chi connectivity index (χ1n) is 9.51. The van der Waals surface area contributed by atoms with E-state index in [0.29, 0.717) is 11.1 Å². The van der Waals surface area contributed by atoms with Gasteiger partial charge in [0.15, 0.2) is 0 Å². The molecule has 2 aliphatic heterocycles. The lowest BCUT2D eigenvalue weighted by molar-refractivity contribution is -0.0898. The molecule has 0 aliphatic carbocycles. The van der Waals surface area contributed by atoms with Crippen LogP contribution in [0, 0.1) is 0 Å². The van der Waals surface area contributed by atoms with Gasteiger partial charge >= 0.3 is 0 Å². The zero-order chi connectivity index (χ0) is 19.9. The topological polar surface area (TPSA) is 40.6 Å². The fraction of sp³-hybridized carbons (Fsp3) is 0.364. The third-order valence-corrected chi connectivity index (χ3v) is 5.79. The molecule has 1 unspecified atom stereocenters. The van der Waals surface area contributed by atoms with Gasteiger partial charge in [0.25, 0.3) is 17.7 Å². The van der Waals surface area contributed by atoms with E-state index in [2.05, 4.69) is 0 Å². The van der Waals surface area contributed by atoms with Crippen molar-refractivity contribution < 1.29 is 18.4 Å². The number of carbonyl (C=O) groups excluding carboxylic acids is 2. The maximum Gasteiger partial charge on any atom is 0.261 e. The van der Waals surface area contributed by atoms with Crippen molar-refractivity contribution in [3.8, 4) is 0 Å². The largest absolute Gasteiger partial charge is 0.291 e. The molecule has 6 heteroatoms. The van der Waals surface area contributed by atoms with Crippen molar-refractivity contribution in [2.24, 2.45) is 0 Å². The summed E-state index contributed by atoms with van der Waals surface area (Å²) in [6.07, 6.45) is -0.583. The molecule has 4 nitrogen and oxygen atoms in total. The minimum Gasteiger partial charge on any atom is -0.291 e. The predicted octanol–water partition coefficient (Wildman–Crippen LogP) is 4.14. The van der Waals surface area contributed by atoms with Crippen molar-refractivity contribution in [2.75, 3.05) is 13.1 Å². The van der Waals surface area contributed by atoms with Gasteiger partial charge in [-0.2, -0.15) is 0 Å². The minimum atomic E-state index is -2.80. The molecule has 2 heterocycles. The van der Waals surface area contributed by atoms with E-state index < -0.39 is 23.8 Å². The van der Waals surface area contributed by atoms with Crippen LogP contribution >= 0.6 is 0 Å². The van der Waals surface area contributed by atoms with Crippen molar-refractivity contribution in [3.63, 3.8) is 0 Å². The van der Waals surface area contributed by atoms with Gasteiger partial charge in [-0.1, -0.05) is 42.5 Å². The van der Waals surface area contributed by atoms with Gasteiger partial charge in [0.1, 0.15) is 0 Å². The molecule has 1 saturated heterocycles. The fourth-order valence-corrected chi connectivity index (χ4v) is 4.26. The van der Waals surface area contributed by atoms with Crippen LogP contribution in [0.5, 0.6) is 0 Å². The number of amides is 2. The van der Waals surface area contributed by atoms with Gasteiger partial charge in [0.05, 0.1) is 11.1 Å². The molecule has 2 aromatic carbocycles. The number of hydrogen-bond donors (Lipinski definition) is 0. The molecule has 4 rings (SSSR count). The molecule has 0 N–H and O–H groups in total. The minimum absolute atomic E-state index is 0.0287. The SMILES string of the molecule is C[C@@H](c1ccccc1)N1CCC(F)(F)CC1CN1C(=O)c2ccccc2C1=O. The number of carbonyl (C=O) groups is 2. The van der Waals surface area contributed by atoms with Gasteiger partial charge in [0.2, 0.25) is 0 Å². The summed E-state index contributed by atoms with van der Waals surface area (Å²) in [4.78, 5) is 28.5. The highest BCUT2D eigenvalue weighted by Gasteiger charge is 2.45. The van der Waals surface area contributed by atoms with E-state index in [-0.39, 0.29) is 32.0 Å². The van der Waals surface area contributed by atoms with Gasteiger partial charge in [-0.15, -0.1) is 0 Å². The van der Waals surface area contributed by atoms with Crippen LogP contribution in [0.1, 0.15) is 52.1 Å². The fourth-order valence-electron chi connectivity index (χ4n) is 4.26. The third kappa shape index (κ3) is 3.33. The van der Waals surface area contributed by atoms with Crippen LogP contribution in [0.3, 0.4) is 0 Å². The number of halogens is 2. The van der Waals surface area contributed by atoms with Gasteiger partial charge < -0.3 is 0 Å². The molecule has 2 atom stereocenters. The summed E-state index contributed by atoms with van der Waals surface area (Å²) in [5.41, 5.74) is 1.72. The Morgan fingerprint density at radius 2 is 1.57 bits per heavy atom. The van der Waals surface area contributed by atoms with Gasteiger partial charge in [-0.05, 0) is 24.6 Å². The van der Waals surface area contributed by atoms with Crippen molar-refractivity contribution >= 4 is 11.8 Å². The van der Waals surface area contributed by atoms with Crippen LogP contribution in [0.15, 0.2) is 54.6 Å². The Morgan fingerprint density at radius 3 is 2.18 bits per heavy atom. The first-order valence-corrected chi connectivity index (χ1v) is 9.51. The van der Waals surface area contributed by atoms with E-state index in [1.807, 2.05) is 42.2 Å². The molecule has 0 aromatic heterocycles. The maximum atomic E-state index is 14.2. The highest BCUT2D eigenvalue weighted by atomic mass is 19.3. The summed E-state index contributed by atoms with van der Waals surface area (Å²) in [7, 11) is 0. The molecule has 0 bridgehead atoms. The summed E-state index contributed by atoms with van der Waals surface area (Å²) in [5.74, 6) is -3.60. The van der Waals surface area contributed by atoms with E-state index in [0.717, 1.165) is 10.5 Å². The second-order valence-corrected chi connectivity index (χ2v) is 7.55. The number of fused-ring (bicyclic) bond motifs is 1. The summed E-state index contributed by atoms with van der Waals surface area (Å²) in [5, 5.41) is 0. The Kier molecular flexibility index (Phi) is 4.75. The quantitative estimate of drug-likeness (QED) is 0.744. The van der Waals surface area contributed by atoms with Crippen molar-refractivity contribution in [1.29, 1.82) is 0 Å². The van der Waals surface area contributed by atoms with Crippen LogP contribution < -0.4 is 0 Å². The number of imide groups is 1. The van der Waals surface area contributed by atoms with Crippen LogP contribution in [0.2, 0.25) is 0 Å². The molecule has 0 radical (unpaired) electrons. The monoisotopic (exact) mass is 384 g/mol. The van der Waals surface area contributed by atoms with Gasteiger partial charge in [-0.3, -0.25) is 19.4 Å². The van der Waals surface area contributed by atoms with Crippen molar-refractivity contribution in [1.82, 2.24) is 9.80 Å². The Bertz CT molecular complexity index is 865. The molecule has 0 spiro atoms. The highest BCUT2D eigenvalue weighted by Crippen LogP contribution is 2.37. The number of rotatable bonds is 4. The maximum absolute atomic E-state index is 14.2. The molecule has 2 aromatic rings. The van der Waals surface area contributed by atoms with Crippen molar-refractivity contribution in [3.05, 3.63) is 71.3 Å². The predicted molar refractivity (Wildman–Crippen MR) is 101 cm³/mol. The Morgan fingerprint density at radius 1 is 1.00 bits per heavy atom. The van der Waals surface area contributed by atoms with Crippen LogP contribution in [-0.4, -0.2) is 46.7 Å². The Hall–Kier alpha value is -2.60. The number of nitrogens with zero attached hydrogens (tertiary/aromatic N) is 2. The number of piperidine rings is 1. The summed E-state index contributed by atoms with van der Waals surface area (Å²) < 4.78 is 28.4. The molecule has 2 aliphatic rings. The molecule has 146 valence electrons. The standard InChI is InChI=1S/C22H22F2N2O2/c1-15(16-7-3-2-4-8-16)25-12-11-22(23,24)13-17(25)14-26-20(27)18-9-5-6-10-19(18)21(26)28/h2-10,15,17H,11-14H2,1H3/t15-,17?/m0/s1. The Labute approximate surface area is 162 Å². The lowest BCUT2D eigenvalue weighted by atomic mass is 9.94. The highest BCUT2D eigenvalue weighted by molar-refractivity contribution is 6.21. The number of benzene rings is 2. The smallest absolute Gasteiger partial charge is 0.261 e. The van der Waals surface area contributed by atoms with Crippen molar-refractivity contribution in [2.45, 2.75) is 37.8 Å². The zero-order valence-electron chi connectivity index (χ0n) is 15.6. The van der Waals surface area contributed by atoms with E-state index in [1.54, 1.807) is 24.3 Å². The Balaban J connectivity index is 1.60. The summed E-state index contributed by atoms with van der Waals surface area (Å²) >= 11 is 0. The van der Waals surface area contributed by atoms with Crippen LogP contribution in [0.25, 0.3) is 0 Å². The lowest BCUT2D eigenvalue weighted by Crippen LogP contribution is -2.53. The van der Waals surface area contributed by atoms with Crippen LogP contribution in [-0.2, 0) is 0 Å². The molecule has 2 amide bonds.